The average Bonchev–Trinajstić information content (AvgIpc) is 3.25. The number of ether oxygens (including phenoxy) is 2. The van der Waals surface area contributed by atoms with Gasteiger partial charge in [-0.05, 0) is 47.4 Å². The molecule has 5 nitrogen and oxygen atoms in total. The van der Waals surface area contributed by atoms with Crippen molar-refractivity contribution in [1.29, 1.82) is 0 Å². The first kappa shape index (κ1) is 20.5. The fourth-order valence-corrected chi connectivity index (χ4v) is 3.69. The minimum atomic E-state index is -0.539. The second kappa shape index (κ2) is 10.4. The third-order valence-electron chi connectivity index (χ3n) is 4.51. The van der Waals surface area contributed by atoms with E-state index in [1.54, 1.807) is 35.6 Å². The summed E-state index contributed by atoms with van der Waals surface area (Å²) in [5.41, 5.74) is 1.52. The number of benzene rings is 1. The Morgan fingerprint density at radius 2 is 2.18 bits per heavy atom. The van der Waals surface area contributed by atoms with Crippen molar-refractivity contribution in [2.45, 2.75) is 38.0 Å². The van der Waals surface area contributed by atoms with Crippen LogP contribution in [0.25, 0.3) is 0 Å². The smallest absolute Gasteiger partial charge is 0.286 e. The maximum atomic E-state index is 13.8. The van der Waals surface area contributed by atoms with Crippen molar-refractivity contribution in [3.05, 3.63) is 69.9 Å². The van der Waals surface area contributed by atoms with Gasteiger partial charge in [0.05, 0.1) is 6.61 Å². The molecule has 0 fully saturated rings. The summed E-state index contributed by atoms with van der Waals surface area (Å²) in [5.74, 6) is -0.558. The van der Waals surface area contributed by atoms with Crippen LogP contribution in [0.15, 0.2) is 52.9 Å². The van der Waals surface area contributed by atoms with Gasteiger partial charge in [0.2, 0.25) is 6.29 Å². The number of aliphatic hydroxyl groups excluding tert-OH is 1. The van der Waals surface area contributed by atoms with E-state index in [4.69, 9.17) is 14.6 Å². The Hall–Kier alpha value is -2.22. The number of allylic oxidation sites excluding steroid dienone is 1. The molecule has 2 aromatic rings. The molecule has 1 aromatic heterocycles. The molecule has 150 valence electrons. The fourth-order valence-electron chi connectivity index (χ4n) is 2.97. The second-order valence-electron chi connectivity index (χ2n) is 6.55. The summed E-state index contributed by atoms with van der Waals surface area (Å²) < 4.78 is 25.3. The van der Waals surface area contributed by atoms with E-state index in [1.165, 1.54) is 6.07 Å². The Kier molecular flexibility index (Phi) is 7.59. The predicted molar refractivity (Wildman–Crippen MR) is 105 cm³/mol. The van der Waals surface area contributed by atoms with Gasteiger partial charge in [0.1, 0.15) is 5.82 Å². The summed E-state index contributed by atoms with van der Waals surface area (Å²) in [6, 6.07) is 8.35. The topological polar surface area (TPSA) is 67.8 Å². The standard InChI is InChI=1S/C21H24FNO4S/c22-18-6-2-1-5-15(18)13-23-21(25)19-11-17(16-7-10-28-14-16)12-20(27-19)26-9-4-3-8-24/h1-2,5-7,10-11,14,17,20,24H,3-4,8-9,12-13H2,(H,23,25)/t17-,20+/m1/s1. The van der Waals surface area contributed by atoms with Crippen LogP contribution in [-0.2, 0) is 20.8 Å². The van der Waals surface area contributed by atoms with Gasteiger partial charge >= 0.3 is 0 Å². The molecule has 0 unspecified atom stereocenters. The lowest BCUT2D eigenvalue weighted by molar-refractivity contribution is -0.146. The molecule has 2 N–H and O–H groups in total. The highest BCUT2D eigenvalue weighted by molar-refractivity contribution is 7.08. The maximum absolute atomic E-state index is 13.8. The van der Waals surface area contributed by atoms with Gasteiger partial charge in [0.25, 0.3) is 5.91 Å². The lowest BCUT2D eigenvalue weighted by atomic mass is 9.95. The zero-order chi connectivity index (χ0) is 19.8. The van der Waals surface area contributed by atoms with Gasteiger partial charge < -0.3 is 19.9 Å². The van der Waals surface area contributed by atoms with Crippen LogP contribution in [0.2, 0.25) is 0 Å². The predicted octanol–water partition coefficient (Wildman–Crippen LogP) is 3.71. The van der Waals surface area contributed by atoms with Gasteiger partial charge in [0, 0.05) is 31.1 Å². The number of thiophene rings is 1. The van der Waals surface area contributed by atoms with Crippen molar-refractivity contribution in [2.75, 3.05) is 13.2 Å². The van der Waals surface area contributed by atoms with E-state index in [1.807, 2.05) is 16.8 Å². The van der Waals surface area contributed by atoms with Crippen LogP contribution < -0.4 is 5.32 Å². The molecule has 7 heteroatoms. The normalized spacial score (nSPS) is 19.0. The highest BCUT2D eigenvalue weighted by Crippen LogP contribution is 2.32. The SMILES string of the molecule is O=C(NCc1ccccc1F)C1=C[C@@H](c2ccsc2)C[C@@H](OCCCCO)O1. The summed E-state index contributed by atoms with van der Waals surface area (Å²) in [6.07, 6.45) is 3.25. The van der Waals surface area contributed by atoms with E-state index >= 15 is 0 Å². The first-order valence-electron chi connectivity index (χ1n) is 9.32. The molecule has 1 amide bonds. The molecule has 0 saturated carbocycles. The molecule has 2 heterocycles. The summed E-state index contributed by atoms with van der Waals surface area (Å²) >= 11 is 1.60. The highest BCUT2D eigenvalue weighted by atomic mass is 32.1. The molecule has 1 aliphatic rings. The Morgan fingerprint density at radius 3 is 2.93 bits per heavy atom. The number of amides is 1. The number of halogens is 1. The van der Waals surface area contributed by atoms with Gasteiger partial charge in [-0.2, -0.15) is 11.3 Å². The van der Waals surface area contributed by atoms with Crippen molar-refractivity contribution in [1.82, 2.24) is 5.32 Å². The quantitative estimate of drug-likeness (QED) is 0.624. The van der Waals surface area contributed by atoms with Crippen LogP contribution in [0.4, 0.5) is 4.39 Å². The molecule has 3 rings (SSSR count). The number of rotatable bonds is 9. The molecule has 0 aliphatic carbocycles. The number of hydrogen-bond donors (Lipinski definition) is 2. The van der Waals surface area contributed by atoms with E-state index in [2.05, 4.69) is 5.32 Å². The van der Waals surface area contributed by atoms with Crippen molar-refractivity contribution < 1.29 is 23.8 Å². The third kappa shape index (κ3) is 5.64. The van der Waals surface area contributed by atoms with E-state index in [-0.39, 0.29) is 30.6 Å². The average molecular weight is 405 g/mol. The summed E-state index contributed by atoms with van der Waals surface area (Å²) in [5, 5.41) is 15.6. The van der Waals surface area contributed by atoms with Crippen molar-refractivity contribution in [2.24, 2.45) is 0 Å². The van der Waals surface area contributed by atoms with E-state index in [0.29, 0.717) is 25.0 Å². The van der Waals surface area contributed by atoms with Crippen LogP contribution >= 0.6 is 11.3 Å². The van der Waals surface area contributed by atoms with Crippen LogP contribution in [0.5, 0.6) is 0 Å². The Morgan fingerprint density at radius 1 is 1.32 bits per heavy atom. The Labute approximate surface area is 167 Å². The van der Waals surface area contributed by atoms with Gasteiger partial charge in [-0.3, -0.25) is 4.79 Å². The monoisotopic (exact) mass is 405 g/mol. The summed E-state index contributed by atoms with van der Waals surface area (Å²) in [6.45, 7) is 0.652. The van der Waals surface area contributed by atoms with Crippen LogP contribution in [-0.4, -0.2) is 30.5 Å². The number of unbranched alkanes of at least 4 members (excludes halogenated alkanes) is 1. The zero-order valence-electron chi connectivity index (χ0n) is 15.5. The second-order valence-corrected chi connectivity index (χ2v) is 7.33. The number of nitrogens with one attached hydrogen (secondary N) is 1. The summed E-state index contributed by atoms with van der Waals surface area (Å²) in [4.78, 5) is 12.6. The van der Waals surface area contributed by atoms with Gasteiger partial charge in [-0.15, -0.1) is 0 Å². The Balaban J connectivity index is 1.65. The fraction of sp³-hybridized carbons (Fsp3) is 0.381. The molecule has 1 aromatic carbocycles. The zero-order valence-corrected chi connectivity index (χ0v) is 16.3. The lowest BCUT2D eigenvalue weighted by Crippen LogP contribution is -2.33. The van der Waals surface area contributed by atoms with Crippen molar-refractivity contribution >= 4 is 17.2 Å². The van der Waals surface area contributed by atoms with E-state index in [0.717, 1.165) is 12.0 Å². The molecular formula is C21H24FNO4S. The minimum Gasteiger partial charge on any atom is -0.459 e. The molecule has 0 radical (unpaired) electrons. The van der Waals surface area contributed by atoms with Crippen molar-refractivity contribution in [3.63, 3.8) is 0 Å². The molecule has 1 aliphatic heterocycles. The number of carbonyl (C=O) groups excluding carboxylic acids is 1. The minimum absolute atomic E-state index is 0.0112. The molecule has 0 bridgehead atoms. The van der Waals surface area contributed by atoms with E-state index in [9.17, 15) is 9.18 Å². The molecular weight excluding hydrogens is 381 g/mol. The molecule has 28 heavy (non-hydrogen) atoms. The van der Waals surface area contributed by atoms with Crippen LogP contribution in [0.1, 0.15) is 36.3 Å². The number of hydrogen-bond acceptors (Lipinski definition) is 5. The van der Waals surface area contributed by atoms with Crippen LogP contribution in [0.3, 0.4) is 0 Å². The first-order valence-corrected chi connectivity index (χ1v) is 10.3. The van der Waals surface area contributed by atoms with Gasteiger partial charge in [-0.1, -0.05) is 18.2 Å². The largest absolute Gasteiger partial charge is 0.459 e. The molecule has 0 saturated heterocycles. The van der Waals surface area contributed by atoms with Gasteiger partial charge in [-0.25, -0.2) is 4.39 Å². The highest BCUT2D eigenvalue weighted by Gasteiger charge is 2.28. The van der Waals surface area contributed by atoms with Crippen molar-refractivity contribution in [3.8, 4) is 0 Å². The molecule has 2 atom stereocenters. The molecule has 0 spiro atoms. The third-order valence-corrected chi connectivity index (χ3v) is 5.21. The number of carbonyl (C=O) groups is 1. The number of aliphatic hydroxyl groups is 1. The lowest BCUT2D eigenvalue weighted by Gasteiger charge is -2.29. The Bertz CT molecular complexity index is 793. The first-order chi connectivity index (χ1) is 13.7. The van der Waals surface area contributed by atoms with Crippen LogP contribution in [0, 0.1) is 5.82 Å². The summed E-state index contributed by atoms with van der Waals surface area (Å²) in [7, 11) is 0. The van der Waals surface area contributed by atoms with E-state index < -0.39 is 12.2 Å². The van der Waals surface area contributed by atoms with Gasteiger partial charge in [0.15, 0.2) is 5.76 Å². The maximum Gasteiger partial charge on any atom is 0.286 e.